The fourth-order valence-corrected chi connectivity index (χ4v) is 2.17. The first-order chi connectivity index (χ1) is 6.38. The number of hydrogen-bond donors (Lipinski definition) is 1. The fraction of sp³-hybridized carbons (Fsp3) is 0.900. The molecule has 0 aliphatic carbocycles. The van der Waals surface area contributed by atoms with Gasteiger partial charge in [-0.3, -0.25) is 0 Å². The molecule has 1 atom stereocenters. The van der Waals surface area contributed by atoms with E-state index in [9.17, 15) is 4.79 Å². The number of thiol groups is 1. The summed E-state index contributed by atoms with van der Waals surface area (Å²) in [5, 5.41) is 0. The monoisotopic (exact) mass is 216 g/mol. The summed E-state index contributed by atoms with van der Waals surface area (Å²) in [7, 11) is 1.89. The number of nitrogens with zero attached hydrogens (tertiary/aromatic N) is 2. The van der Waals surface area contributed by atoms with Gasteiger partial charge in [-0.05, 0) is 5.41 Å². The molecule has 0 bridgehead atoms. The second kappa shape index (κ2) is 4.01. The summed E-state index contributed by atoms with van der Waals surface area (Å²) >= 11 is 4.16. The van der Waals surface area contributed by atoms with Gasteiger partial charge in [-0.2, -0.15) is 12.6 Å². The van der Waals surface area contributed by atoms with Crippen molar-refractivity contribution in [2.75, 3.05) is 25.9 Å². The molecular formula is C10H20N2OS. The Hall–Kier alpha value is -0.380. The minimum atomic E-state index is 0.138. The van der Waals surface area contributed by atoms with Gasteiger partial charge in [0, 0.05) is 25.9 Å². The van der Waals surface area contributed by atoms with Crippen LogP contribution in [0.3, 0.4) is 0 Å². The predicted molar refractivity (Wildman–Crippen MR) is 61.8 cm³/mol. The van der Waals surface area contributed by atoms with Crippen molar-refractivity contribution in [3.8, 4) is 0 Å². The molecule has 1 heterocycles. The molecule has 0 aromatic heterocycles. The largest absolute Gasteiger partial charge is 0.322 e. The van der Waals surface area contributed by atoms with Crippen LogP contribution in [0.15, 0.2) is 0 Å². The Labute approximate surface area is 91.9 Å². The van der Waals surface area contributed by atoms with Crippen molar-refractivity contribution >= 4 is 18.7 Å². The normalized spacial score (nSPS) is 23.5. The van der Waals surface area contributed by atoms with Crippen LogP contribution in [0.5, 0.6) is 0 Å². The minimum absolute atomic E-state index is 0.138. The van der Waals surface area contributed by atoms with Crippen LogP contribution in [0.4, 0.5) is 4.79 Å². The van der Waals surface area contributed by atoms with Crippen molar-refractivity contribution in [3.63, 3.8) is 0 Å². The molecule has 0 aromatic rings. The lowest BCUT2D eigenvalue weighted by Crippen LogP contribution is -2.39. The van der Waals surface area contributed by atoms with Crippen LogP contribution in [0.25, 0.3) is 0 Å². The summed E-state index contributed by atoms with van der Waals surface area (Å²) in [6.45, 7) is 8.10. The van der Waals surface area contributed by atoms with E-state index in [1.54, 1.807) is 0 Å². The van der Waals surface area contributed by atoms with E-state index in [1.807, 2.05) is 16.8 Å². The molecule has 0 radical (unpaired) electrons. The van der Waals surface area contributed by atoms with E-state index in [0.717, 1.165) is 18.8 Å². The molecule has 14 heavy (non-hydrogen) atoms. The third-order valence-electron chi connectivity index (χ3n) is 2.80. The van der Waals surface area contributed by atoms with Crippen LogP contribution in [0, 0.1) is 5.41 Å². The Morgan fingerprint density at radius 1 is 1.50 bits per heavy atom. The highest BCUT2D eigenvalue weighted by molar-refractivity contribution is 7.80. The third-order valence-corrected chi connectivity index (χ3v) is 3.00. The molecule has 82 valence electrons. The highest BCUT2D eigenvalue weighted by Crippen LogP contribution is 2.29. The Balaban J connectivity index is 2.72. The highest BCUT2D eigenvalue weighted by Gasteiger charge is 2.40. The summed E-state index contributed by atoms with van der Waals surface area (Å²) < 4.78 is 0. The Kier molecular flexibility index (Phi) is 3.35. The van der Waals surface area contributed by atoms with Crippen LogP contribution in [-0.4, -0.2) is 47.8 Å². The zero-order valence-corrected chi connectivity index (χ0v) is 10.3. The van der Waals surface area contributed by atoms with Crippen molar-refractivity contribution in [1.29, 1.82) is 0 Å². The van der Waals surface area contributed by atoms with Gasteiger partial charge in [0.15, 0.2) is 0 Å². The number of carbonyl (C=O) groups excluding carboxylic acids is 1. The fourth-order valence-electron chi connectivity index (χ4n) is 1.93. The summed E-state index contributed by atoms with van der Waals surface area (Å²) in [4.78, 5) is 15.5. The van der Waals surface area contributed by atoms with Crippen molar-refractivity contribution < 1.29 is 4.79 Å². The molecule has 1 aliphatic rings. The number of carbonyl (C=O) groups is 1. The smallest absolute Gasteiger partial charge is 0.320 e. The molecule has 0 spiro atoms. The zero-order chi connectivity index (χ0) is 10.9. The quantitative estimate of drug-likeness (QED) is 0.698. The van der Waals surface area contributed by atoms with E-state index < -0.39 is 0 Å². The molecule has 1 fully saturated rings. The summed E-state index contributed by atoms with van der Waals surface area (Å²) in [6.07, 6.45) is 0. The summed E-state index contributed by atoms with van der Waals surface area (Å²) in [6, 6.07) is 0.453. The van der Waals surface area contributed by atoms with Gasteiger partial charge in [0.1, 0.15) is 0 Å². The van der Waals surface area contributed by atoms with E-state index in [-0.39, 0.29) is 11.4 Å². The van der Waals surface area contributed by atoms with Crippen LogP contribution in [0.1, 0.15) is 20.8 Å². The Morgan fingerprint density at radius 3 is 2.43 bits per heavy atom. The molecule has 0 N–H and O–H groups in total. The molecule has 4 heteroatoms. The van der Waals surface area contributed by atoms with Crippen molar-refractivity contribution in [2.45, 2.75) is 26.8 Å². The maximum absolute atomic E-state index is 11.8. The van der Waals surface area contributed by atoms with E-state index in [2.05, 4.69) is 33.4 Å². The van der Waals surface area contributed by atoms with E-state index in [0.29, 0.717) is 6.04 Å². The molecule has 3 nitrogen and oxygen atoms in total. The lowest BCUT2D eigenvalue weighted by Gasteiger charge is -2.30. The van der Waals surface area contributed by atoms with Crippen LogP contribution >= 0.6 is 12.6 Å². The third kappa shape index (κ3) is 2.16. The lowest BCUT2D eigenvalue weighted by molar-refractivity contribution is 0.173. The molecule has 0 aromatic carbocycles. The minimum Gasteiger partial charge on any atom is -0.322 e. The maximum atomic E-state index is 11.8. The molecule has 1 unspecified atom stereocenters. The van der Waals surface area contributed by atoms with Gasteiger partial charge in [0.05, 0.1) is 6.04 Å². The van der Waals surface area contributed by atoms with Crippen molar-refractivity contribution in [3.05, 3.63) is 0 Å². The van der Waals surface area contributed by atoms with Gasteiger partial charge >= 0.3 is 6.03 Å². The number of rotatable bonds is 2. The molecule has 0 saturated carbocycles. The molecule has 1 aliphatic heterocycles. The Bertz CT molecular complexity index is 225. The molecule has 1 saturated heterocycles. The zero-order valence-electron chi connectivity index (χ0n) is 9.45. The highest BCUT2D eigenvalue weighted by atomic mass is 32.1. The number of urea groups is 1. The summed E-state index contributed by atoms with van der Waals surface area (Å²) in [5.74, 6) is 0.733. The topological polar surface area (TPSA) is 23.6 Å². The average molecular weight is 216 g/mol. The SMILES string of the molecule is CN1C(=O)N(CCS)CC1C(C)(C)C. The van der Waals surface area contributed by atoms with Crippen molar-refractivity contribution in [2.24, 2.45) is 5.41 Å². The van der Waals surface area contributed by atoms with E-state index >= 15 is 0 Å². The first-order valence-electron chi connectivity index (χ1n) is 5.00. The Morgan fingerprint density at radius 2 is 2.07 bits per heavy atom. The first-order valence-corrected chi connectivity index (χ1v) is 5.63. The predicted octanol–water partition coefficient (Wildman–Crippen LogP) is 1.70. The van der Waals surface area contributed by atoms with Crippen LogP contribution in [0.2, 0.25) is 0 Å². The summed E-state index contributed by atoms with van der Waals surface area (Å²) in [5.41, 5.74) is 0.149. The second-order valence-electron chi connectivity index (χ2n) is 4.94. The number of amides is 2. The maximum Gasteiger partial charge on any atom is 0.320 e. The van der Waals surface area contributed by atoms with Crippen molar-refractivity contribution in [1.82, 2.24) is 9.80 Å². The second-order valence-corrected chi connectivity index (χ2v) is 5.39. The average Bonchev–Trinajstić information content (AvgIpc) is 2.32. The van der Waals surface area contributed by atoms with Crippen LogP contribution in [-0.2, 0) is 0 Å². The first kappa shape index (κ1) is 11.7. The molecule has 1 rings (SSSR count). The van der Waals surface area contributed by atoms with E-state index in [1.165, 1.54) is 0 Å². The van der Waals surface area contributed by atoms with Crippen LogP contribution < -0.4 is 0 Å². The molecular weight excluding hydrogens is 196 g/mol. The van der Waals surface area contributed by atoms with Gasteiger partial charge in [-0.1, -0.05) is 20.8 Å². The number of hydrogen-bond acceptors (Lipinski definition) is 2. The van der Waals surface area contributed by atoms with Gasteiger partial charge in [0.25, 0.3) is 0 Å². The van der Waals surface area contributed by atoms with Gasteiger partial charge in [-0.25, -0.2) is 4.79 Å². The van der Waals surface area contributed by atoms with Gasteiger partial charge in [0.2, 0.25) is 0 Å². The standard InChI is InChI=1S/C10H20N2OS/c1-10(2,3)8-7-12(5-6-14)9(13)11(8)4/h8,14H,5-7H2,1-4H3. The van der Waals surface area contributed by atoms with E-state index in [4.69, 9.17) is 0 Å². The van der Waals surface area contributed by atoms with Gasteiger partial charge < -0.3 is 9.80 Å². The number of likely N-dealkylation sites (N-methyl/N-ethyl adjacent to an activating group) is 1. The van der Waals surface area contributed by atoms with Gasteiger partial charge in [-0.15, -0.1) is 0 Å². The molecule has 2 amide bonds. The lowest BCUT2D eigenvalue weighted by atomic mass is 9.86.